The predicted molar refractivity (Wildman–Crippen MR) is 113 cm³/mol. The second-order valence-electron chi connectivity index (χ2n) is 7.25. The third-order valence-corrected chi connectivity index (χ3v) is 6.37. The Kier molecular flexibility index (Phi) is 5.76. The summed E-state index contributed by atoms with van der Waals surface area (Å²) < 4.78 is 6.83. The van der Waals surface area contributed by atoms with Gasteiger partial charge in [-0.1, -0.05) is 24.3 Å². The van der Waals surface area contributed by atoms with Gasteiger partial charge in [-0.3, -0.25) is 9.59 Å². The van der Waals surface area contributed by atoms with Crippen LogP contribution in [0, 0.1) is 0 Å². The smallest absolute Gasteiger partial charge is 0.260 e. The molecule has 1 aromatic heterocycles. The summed E-state index contributed by atoms with van der Waals surface area (Å²) >= 11 is 1.76. The third-order valence-electron chi connectivity index (χ3n) is 5.17. The summed E-state index contributed by atoms with van der Waals surface area (Å²) in [7, 11) is 0. The maximum Gasteiger partial charge on any atom is 0.260 e. The Balaban J connectivity index is 1.27. The molecule has 1 fully saturated rings. The van der Waals surface area contributed by atoms with E-state index in [1.54, 1.807) is 35.6 Å². The van der Waals surface area contributed by atoms with Gasteiger partial charge in [0, 0.05) is 19.0 Å². The number of hydrogen-bond donors (Lipinski definition) is 1. The minimum atomic E-state index is -0.372. The van der Waals surface area contributed by atoms with Crippen molar-refractivity contribution in [1.29, 1.82) is 0 Å². The number of thiazole rings is 1. The van der Waals surface area contributed by atoms with Crippen LogP contribution < -0.4 is 10.5 Å². The molecule has 2 heterocycles. The molecule has 2 aromatic carbocycles. The van der Waals surface area contributed by atoms with Gasteiger partial charge in [0.05, 0.1) is 21.6 Å². The lowest BCUT2D eigenvalue weighted by Gasteiger charge is -2.31. The minimum Gasteiger partial charge on any atom is -0.484 e. The minimum absolute atomic E-state index is 0.00559. The van der Waals surface area contributed by atoms with Gasteiger partial charge in [-0.05, 0) is 42.7 Å². The monoisotopic (exact) mass is 409 g/mol. The van der Waals surface area contributed by atoms with Crippen LogP contribution in [0.4, 0.5) is 0 Å². The van der Waals surface area contributed by atoms with E-state index in [-0.39, 0.29) is 24.8 Å². The fourth-order valence-electron chi connectivity index (χ4n) is 3.58. The molecule has 7 heteroatoms. The molecule has 3 aromatic rings. The summed E-state index contributed by atoms with van der Waals surface area (Å²) in [5.41, 5.74) is 7.07. The standard InChI is InChI=1S/C22H23N3O3S/c23-20(26)13-15-5-7-17(8-6-15)28-14-21(27)25-11-9-16(10-12-25)22-24-18-3-1-2-4-19(18)29-22/h1-8,16H,9-14H2,(H2,23,26). The van der Waals surface area contributed by atoms with E-state index < -0.39 is 0 Å². The van der Waals surface area contributed by atoms with Crippen LogP contribution in [0.2, 0.25) is 0 Å². The Morgan fingerprint density at radius 2 is 1.83 bits per heavy atom. The maximum atomic E-state index is 12.5. The predicted octanol–water partition coefficient (Wildman–Crippen LogP) is 3.11. The van der Waals surface area contributed by atoms with Crippen LogP contribution in [-0.4, -0.2) is 41.4 Å². The molecule has 4 rings (SSSR count). The van der Waals surface area contributed by atoms with Crippen molar-refractivity contribution in [2.24, 2.45) is 5.73 Å². The number of nitrogens with zero attached hydrogens (tertiary/aromatic N) is 2. The molecular formula is C22H23N3O3S. The normalized spacial score (nSPS) is 14.8. The molecule has 0 radical (unpaired) electrons. The zero-order valence-electron chi connectivity index (χ0n) is 16.0. The number of ether oxygens (including phenoxy) is 1. The van der Waals surface area contributed by atoms with E-state index in [1.807, 2.05) is 23.1 Å². The molecule has 1 aliphatic rings. The first kappa shape index (κ1) is 19.4. The Bertz CT molecular complexity index is 975. The number of nitrogens with two attached hydrogens (primary N) is 1. The number of amides is 2. The molecule has 2 amide bonds. The summed E-state index contributed by atoms with van der Waals surface area (Å²) in [4.78, 5) is 30.1. The van der Waals surface area contributed by atoms with Crippen molar-refractivity contribution in [3.05, 3.63) is 59.1 Å². The van der Waals surface area contributed by atoms with Gasteiger partial charge in [0.15, 0.2) is 6.61 Å². The van der Waals surface area contributed by atoms with Gasteiger partial charge in [0.25, 0.3) is 5.91 Å². The zero-order chi connectivity index (χ0) is 20.2. The van der Waals surface area contributed by atoms with Crippen molar-refractivity contribution in [2.45, 2.75) is 25.2 Å². The highest BCUT2D eigenvalue weighted by molar-refractivity contribution is 7.18. The van der Waals surface area contributed by atoms with E-state index in [0.717, 1.165) is 37.0 Å². The average Bonchev–Trinajstić information content (AvgIpc) is 3.17. The summed E-state index contributed by atoms with van der Waals surface area (Å²) in [6.45, 7) is 1.46. The number of hydrogen-bond acceptors (Lipinski definition) is 5. The van der Waals surface area contributed by atoms with Crippen molar-refractivity contribution in [1.82, 2.24) is 9.88 Å². The van der Waals surface area contributed by atoms with Crippen molar-refractivity contribution in [3.63, 3.8) is 0 Å². The number of piperidine rings is 1. The number of carbonyl (C=O) groups excluding carboxylic acids is 2. The molecule has 0 atom stereocenters. The number of benzene rings is 2. The fraction of sp³-hybridized carbons (Fsp3) is 0.318. The quantitative estimate of drug-likeness (QED) is 0.678. The highest BCUT2D eigenvalue weighted by Crippen LogP contribution is 2.33. The lowest BCUT2D eigenvalue weighted by molar-refractivity contribution is -0.134. The summed E-state index contributed by atoms with van der Waals surface area (Å²) in [5, 5.41) is 1.17. The molecular weight excluding hydrogens is 386 g/mol. The topological polar surface area (TPSA) is 85.5 Å². The second kappa shape index (κ2) is 8.61. The maximum absolute atomic E-state index is 12.5. The van der Waals surface area contributed by atoms with Crippen LogP contribution in [0.15, 0.2) is 48.5 Å². The molecule has 2 N–H and O–H groups in total. The lowest BCUT2D eigenvalue weighted by Crippen LogP contribution is -2.40. The number of para-hydroxylation sites is 1. The van der Waals surface area contributed by atoms with Crippen LogP contribution >= 0.6 is 11.3 Å². The highest BCUT2D eigenvalue weighted by atomic mass is 32.1. The summed E-state index contributed by atoms with van der Waals surface area (Å²) in [6.07, 6.45) is 2.05. The lowest BCUT2D eigenvalue weighted by atomic mass is 9.97. The fourth-order valence-corrected chi connectivity index (χ4v) is 4.72. The van der Waals surface area contributed by atoms with E-state index in [0.29, 0.717) is 11.7 Å². The van der Waals surface area contributed by atoms with Gasteiger partial charge in [-0.25, -0.2) is 4.98 Å². The number of aromatic nitrogens is 1. The first-order valence-electron chi connectivity index (χ1n) is 9.72. The average molecular weight is 410 g/mol. The van der Waals surface area contributed by atoms with E-state index in [4.69, 9.17) is 15.5 Å². The Labute approximate surface area is 173 Å². The summed E-state index contributed by atoms with van der Waals surface area (Å²) in [6, 6.07) is 15.3. The van der Waals surface area contributed by atoms with Crippen molar-refractivity contribution < 1.29 is 14.3 Å². The Morgan fingerprint density at radius 1 is 1.10 bits per heavy atom. The number of likely N-dealkylation sites (tertiary alicyclic amines) is 1. The molecule has 150 valence electrons. The van der Waals surface area contributed by atoms with E-state index >= 15 is 0 Å². The zero-order valence-corrected chi connectivity index (χ0v) is 16.9. The SMILES string of the molecule is NC(=O)Cc1ccc(OCC(=O)N2CCC(c3nc4ccccc4s3)CC2)cc1. The van der Waals surface area contributed by atoms with Crippen LogP contribution in [0.1, 0.15) is 29.3 Å². The van der Waals surface area contributed by atoms with Gasteiger partial charge < -0.3 is 15.4 Å². The van der Waals surface area contributed by atoms with E-state index in [2.05, 4.69) is 6.07 Å². The summed E-state index contributed by atoms with van der Waals surface area (Å²) in [5.74, 6) is 0.642. The second-order valence-corrected chi connectivity index (χ2v) is 8.31. The van der Waals surface area contributed by atoms with Gasteiger partial charge in [-0.2, -0.15) is 0 Å². The molecule has 1 saturated heterocycles. The van der Waals surface area contributed by atoms with E-state index in [9.17, 15) is 9.59 Å². The van der Waals surface area contributed by atoms with Crippen LogP contribution in [-0.2, 0) is 16.0 Å². The van der Waals surface area contributed by atoms with Crippen molar-refractivity contribution in [3.8, 4) is 5.75 Å². The number of rotatable bonds is 6. The van der Waals surface area contributed by atoms with Crippen LogP contribution in [0.5, 0.6) is 5.75 Å². The molecule has 0 aliphatic carbocycles. The molecule has 0 saturated carbocycles. The van der Waals surface area contributed by atoms with Crippen molar-refractivity contribution in [2.75, 3.05) is 19.7 Å². The molecule has 1 aliphatic heterocycles. The van der Waals surface area contributed by atoms with E-state index in [1.165, 1.54) is 9.71 Å². The molecule has 6 nitrogen and oxygen atoms in total. The number of carbonyl (C=O) groups is 2. The van der Waals surface area contributed by atoms with Crippen LogP contribution in [0.25, 0.3) is 10.2 Å². The van der Waals surface area contributed by atoms with Gasteiger partial charge in [0.2, 0.25) is 5.91 Å². The first-order chi connectivity index (χ1) is 14.1. The Hall–Kier alpha value is -2.93. The molecule has 29 heavy (non-hydrogen) atoms. The van der Waals surface area contributed by atoms with Crippen molar-refractivity contribution >= 4 is 33.4 Å². The van der Waals surface area contributed by atoms with Gasteiger partial charge in [-0.15, -0.1) is 11.3 Å². The Morgan fingerprint density at radius 3 is 2.52 bits per heavy atom. The number of primary amides is 1. The third kappa shape index (κ3) is 4.74. The first-order valence-corrected chi connectivity index (χ1v) is 10.5. The largest absolute Gasteiger partial charge is 0.484 e. The highest BCUT2D eigenvalue weighted by Gasteiger charge is 2.26. The van der Waals surface area contributed by atoms with Gasteiger partial charge in [0.1, 0.15) is 5.75 Å². The number of fused-ring (bicyclic) bond motifs is 1. The molecule has 0 bridgehead atoms. The molecule has 0 unspecified atom stereocenters. The van der Waals surface area contributed by atoms with Gasteiger partial charge >= 0.3 is 0 Å². The molecule has 0 spiro atoms. The van der Waals surface area contributed by atoms with Crippen LogP contribution in [0.3, 0.4) is 0 Å².